The molecule has 0 amide bonds. The van der Waals surface area contributed by atoms with Crippen molar-refractivity contribution in [2.45, 2.75) is 309 Å². The van der Waals surface area contributed by atoms with Gasteiger partial charge >= 0.3 is 17.9 Å². The molecule has 6 heteroatoms. The highest BCUT2D eigenvalue weighted by atomic mass is 16.6. The van der Waals surface area contributed by atoms with Crippen molar-refractivity contribution < 1.29 is 28.6 Å². The molecule has 0 aromatic heterocycles. The van der Waals surface area contributed by atoms with E-state index in [1.54, 1.807) is 0 Å². The van der Waals surface area contributed by atoms with Crippen LogP contribution in [0, 0.1) is 0 Å². The topological polar surface area (TPSA) is 78.9 Å². The highest BCUT2D eigenvalue weighted by Crippen LogP contribution is 2.16. The van der Waals surface area contributed by atoms with Gasteiger partial charge in [0.05, 0.1) is 0 Å². The first-order chi connectivity index (χ1) is 33.0. The molecule has 0 aromatic carbocycles. The second-order valence-corrected chi connectivity index (χ2v) is 19.6. The first-order valence-electron chi connectivity index (χ1n) is 29.2. The lowest BCUT2D eigenvalue weighted by atomic mass is 10.0. The lowest BCUT2D eigenvalue weighted by Gasteiger charge is -2.18. The zero-order chi connectivity index (χ0) is 48.6. The standard InChI is InChI=1S/C61H110O6/c1-4-7-10-13-16-19-22-25-28-31-34-36-39-42-45-48-51-54-60(63)66-57-58(67-61(64)55-52-49-46-43-40-37-33-30-27-24-21-18-15-12-9-6-3)56-65-59(62)53-50-47-44-41-38-35-32-29-26-23-20-17-14-11-8-5-2/h29-30,32-33,35,37-38,40,58H,4-28,31,34,36,39,41-57H2,1-3H3/b32-29-,33-30-,38-35-,40-37-. The molecular formula is C61H110O6. The Balaban J connectivity index is 4.43. The van der Waals surface area contributed by atoms with E-state index in [0.29, 0.717) is 19.3 Å². The summed E-state index contributed by atoms with van der Waals surface area (Å²) in [7, 11) is 0. The monoisotopic (exact) mass is 939 g/mol. The van der Waals surface area contributed by atoms with Crippen LogP contribution in [-0.4, -0.2) is 37.2 Å². The third-order valence-corrected chi connectivity index (χ3v) is 12.9. The molecule has 67 heavy (non-hydrogen) atoms. The van der Waals surface area contributed by atoms with Crippen LogP contribution in [0.4, 0.5) is 0 Å². The summed E-state index contributed by atoms with van der Waals surface area (Å²) in [5.74, 6) is -0.929. The van der Waals surface area contributed by atoms with E-state index in [0.717, 1.165) is 83.5 Å². The van der Waals surface area contributed by atoms with Crippen molar-refractivity contribution in [1.82, 2.24) is 0 Å². The van der Waals surface area contributed by atoms with E-state index in [1.165, 1.54) is 180 Å². The van der Waals surface area contributed by atoms with Gasteiger partial charge in [-0.3, -0.25) is 14.4 Å². The number of rotatable bonds is 53. The van der Waals surface area contributed by atoms with Crippen LogP contribution in [0.3, 0.4) is 0 Å². The van der Waals surface area contributed by atoms with Gasteiger partial charge in [0, 0.05) is 19.3 Å². The molecule has 0 N–H and O–H groups in total. The highest BCUT2D eigenvalue weighted by molar-refractivity contribution is 5.71. The number of allylic oxidation sites excluding steroid dienone is 8. The van der Waals surface area contributed by atoms with Gasteiger partial charge in [-0.25, -0.2) is 0 Å². The number of hydrogen-bond acceptors (Lipinski definition) is 6. The smallest absolute Gasteiger partial charge is 0.306 e. The third kappa shape index (κ3) is 54.2. The van der Waals surface area contributed by atoms with Gasteiger partial charge < -0.3 is 14.2 Å². The Morgan fingerprint density at radius 2 is 0.522 bits per heavy atom. The molecule has 1 atom stereocenters. The maximum absolute atomic E-state index is 12.8. The number of hydrogen-bond donors (Lipinski definition) is 0. The minimum atomic E-state index is -0.796. The number of carbonyl (C=O) groups is 3. The number of esters is 3. The summed E-state index contributed by atoms with van der Waals surface area (Å²) in [5.41, 5.74) is 0. The summed E-state index contributed by atoms with van der Waals surface area (Å²) < 4.78 is 16.8. The van der Waals surface area contributed by atoms with Crippen molar-refractivity contribution in [3.8, 4) is 0 Å². The third-order valence-electron chi connectivity index (χ3n) is 12.9. The van der Waals surface area contributed by atoms with Crippen LogP contribution in [0.15, 0.2) is 48.6 Å². The Kier molecular flexibility index (Phi) is 53.8. The van der Waals surface area contributed by atoms with Crippen LogP contribution in [0.5, 0.6) is 0 Å². The van der Waals surface area contributed by atoms with Crippen molar-refractivity contribution in [3.05, 3.63) is 48.6 Å². The van der Waals surface area contributed by atoms with Gasteiger partial charge in [0.1, 0.15) is 13.2 Å². The summed E-state index contributed by atoms with van der Waals surface area (Å²) in [4.78, 5) is 38.1. The SMILES string of the molecule is CCCCCCCCC/C=C\C=C/CCCCCC(=O)OCC(COC(=O)CCCCCCCCCCCCCCCCCCC)OC(=O)CCCCC/C=C\C=C/CCCCCCCCC. The highest BCUT2D eigenvalue weighted by Gasteiger charge is 2.19. The minimum Gasteiger partial charge on any atom is -0.462 e. The fourth-order valence-corrected chi connectivity index (χ4v) is 8.43. The molecule has 0 bridgehead atoms. The molecule has 0 aliphatic heterocycles. The normalized spacial score (nSPS) is 12.3. The zero-order valence-corrected chi connectivity index (χ0v) is 44.7. The quantitative estimate of drug-likeness (QED) is 0.0262. The van der Waals surface area contributed by atoms with E-state index in [-0.39, 0.29) is 31.1 Å². The maximum Gasteiger partial charge on any atom is 0.306 e. The van der Waals surface area contributed by atoms with Crippen LogP contribution in [0.1, 0.15) is 303 Å². The second-order valence-electron chi connectivity index (χ2n) is 19.6. The number of unbranched alkanes of at least 4 members (excludes halogenated alkanes) is 36. The Hall–Kier alpha value is -2.63. The first-order valence-corrected chi connectivity index (χ1v) is 29.2. The molecular weight excluding hydrogens is 829 g/mol. The summed E-state index contributed by atoms with van der Waals surface area (Å²) in [6.07, 6.45) is 68.2. The van der Waals surface area contributed by atoms with Gasteiger partial charge in [-0.1, -0.05) is 262 Å². The predicted molar refractivity (Wildman–Crippen MR) is 289 cm³/mol. The molecule has 0 aliphatic carbocycles. The van der Waals surface area contributed by atoms with Crippen molar-refractivity contribution in [1.29, 1.82) is 0 Å². The lowest BCUT2D eigenvalue weighted by molar-refractivity contribution is -0.167. The van der Waals surface area contributed by atoms with Crippen molar-refractivity contribution in [2.75, 3.05) is 13.2 Å². The van der Waals surface area contributed by atoms with Crippen molar-refractivity contribution in [3.63, 3.8) is 0 Å². The van der Waals surface area contributed by atoms with E-state index < -0.39 is 6.10 Å². The summed E-state index contributed by atoms with van der Waals surface area (Å²) in [5, 5.41) is 0. The van der Waals surface area contributed by atoms with Crippen molar-refractivity contribution in [2.24, 2.45) is 0 Å². The van der Waals surface area contributed by atoms with Gasteiger partial charge in [0.2, 0.25) is 0 Å². The Morgan fingerprint density at radius 1 is 0.299 bits per heavy atom. The van der Waals surface area contributed by atoms with Crippen molar-refractivity contribution >= 4 is 17.9 Å². The van der Waals surface area contributed by atoms with Crippen LogP contribution in [-0.2, 0) is 28.6 Å². The Bertz CT molecular complexity index is 1170. The average Bonchev–Trinajstić information content (AvgIpc) is 3.33. The van der Waals surface area contributed by atoms with E-state index in [2.05, 4.69) is 69.4 Å². The maximum atomic E-state index is 12.8. The van der Waals surface area contributed by atoms with Gasteiger partial charge in [0.25, 0.3) is 0 Å². The molecule has 0 heterocycles. The molecule has 0 saturated carbocycles. The molecule has 0 rings (SSSR count). The molecule has 0 spiro atoms. The fourth-order valence-electron chi connectivity index (χ4n) is 8.43. The van der Waals surface area contributed by atoms with Gasteiger partial charge in [-0.15, -0.1) is 0 Å². The fraction of sp³-hybridized carbons (Fsp3) is 0.820. The molecule has 0 aliphatic rings. The van der Waals surface area contributed by atoms with Gasteiger partial charge in [0.15, 0.2) is 6.10 Å². The van der Waals surface area contributed by atoms with Crippen LogP contribution in [0.25, 0.3) is 0 Å². The molecule has 0 radical (unpaired) electrons. The zero-order valence-electron chi connectivity index (χ0n) is 44.7. The van der Waals surface area contributed by atoms with Crippen LogP contribution >= 0.6 is 0 Å². The van der Waals surface area contributed by atoms with Gasteiger partial charge in [-0.05, 0) is 70.6 Å². The number of carbonyl (C=O) groups excluding carboxylic acids is 3. The lowest BCUT2D eigenvalue weighted by Crippen LogP contribution is -2.30. The molecule has 390 valence electrons. The molecule has 6 nitrogen and oxygen atoms in total. The molecule has 0 fully saturated rings. The van der Waals surface area contributed by atoms with E-state index in [4.69, 9.17) is 14.2 Å². The second kappa shape index (κ2) is 56.0. The minimum absolute atomic E-state index is 0.0894. The van der Waals surface area contributed by atoms with E-state index >= 15 is 0 Å². The summed E-state index contributed by atoms with van der Waals surface area (Å²) in [6.45, 7) is 6.62. The van der Waals surface area contributed by atoms with Crippen LogP contribution < -0.4 is 0 Å². The summed E-state index contributed by atoms with van der Waals surface area (Å²) >= 11 is 0. The molecule has 1 unspecified atom stereocenters. The Labute approximate surface area is 416 Å². The number of ether oxygens (including phenoxy) is 3. The first kappa shape index (κ1) is 64.4. The summed E-state index contributed by atoms with van der Waals surface area (Å²) in [6, 6.07) is 0. The largest absolute Gasteiger partial charge is 0.462 e. The predicted octanol–water partition coefficient (Wildman–Crippen LogP) is 19.4. The molecule has 0 saturated heterocycles. The van der Waals surface area contributed by atoms with E-state index in [9.17, 15) is 14.4 Å². The average molecular weight is 940 g/mol. The molecule has 0 aromatic rings. The van der Waals surface area contributed by atoms with Gasteiger partial charge in [-0.2, -0.15) is 0 Å². The van der Waals surface area contributed by atoms with E-state index in [1.807, 2.05) is 0 Å². The van der Waals surface area contributed by atoms with Crippen LogP contribution in [0.2, 0.25) is 0 Å². The Morgan fingerprint density at radius 3 is 0.806 bits per heavy atom.